The van der Waals surface area contributed by atoms with Crippen LogP contribution in [-0.4, -0.2) is 43.6 Å². The highest BCUT2D eigenvalue weighted by molar-refractivity contribution is 5.30. The highest BCUT2D eigenvalue weighted by atomic mass is 19.4. The Kier molecular flexibility index (Phi) is 5.44. The standard InChI is InChI=1S/C14H18F3NO3/c15-14(16,17)10-2-1-3-13(6-10)21-9-12(19)7-18-11-4-5-20-8-11/h1-3,6,11-12,18-19H,4-5,7-9H2. The minimum Gasteiger partial charge on any atom is -0.491 e. The largest absolute Gasteiger partial charge is 0.491 e. The maximum Gasteiger partial charge on any atom is 0.416 e. The van der Waals surface area contributed by atoms with E-state index >= 15 is 0 Å². The predicted octanol–water partition coefficient (Wildman–Crippen LogP) is 1.82. The van der Waals surface area contributed by atoms with Crippen molar-refractivity contribution in [3.8, 4) is 5.75 Å². The van der Waals surface area contributed by atoms with Crippen LogP contribution in [0.4, 0.5) is 13.2 Å². The van der Waals surface area contributed by atoms with Crippen molar-refractivity contribution < 1.29 is 27.8 Å². The van der Waals surface area contributed by atoms with E-state index in [1.807, 2.05) is 0 Å². The summed E-state index contributed by atoms with van der Waals surface area (Å²) in [5.41, 5.74) is -0.768. The van der Waals surface area contributed by atoms with Crippen molar-refractivity contribution in [1.29, 1.82) is 0 Å². The monoisotopic (exact) mass is 305 g/mol. The maximum atomic E-state index is 12.5. The molecule has 7 heteroatoms. The molecule has 1 heterocycles. The average molecular weight is 305 g/mol. The van der Waals surface area contributed by atoms with E-state index in [4.69, 9.17) is 9.47 Å². The molecule has 2 atom stereocenters. The van der Waals surface area contributed by atoms with Crippen LogP contribution in [0.2, 0.25) is 0 Å². The van der Waals surface area contributed by atoms with Gasteiger partial charge in [-0.2, -0.15) is 13.2 Å². The molecule has 0 bridgehead atoms. The third-order valence-electron chi connectivity index (χ3n) is 3.18. The van der Waals surface area contributed by atoms with Crippen LogP contribution in [0, 0.1) is 0 Å². The number of halogens is 3. The van der Waals surface area contributed by atoms with E-state index in [-0.39, 0.29) is 18.4 Å². The lowest BCUT2D eigenvalue weighted by Crippen LogP contribution is -2.38. The van der Waals surface area contributed by atoms with E-state index in [9.17, 15) is 18.3 Å². The molecule has 1 saturated heterocycles. The van der Waals surface area contributed by atoms with E-state index in [1.165, 1.54) is 12.1 Å². The Balaban J connectivity index is 1.76. The normalized spacial score (nSPS) is 20.5. The highest BCUT2D eigenvalue weighted by Crippen LogP contribution is 2.31. The van der Waals surface area contributed by atoms with Crippen molar-refractivity contribution in [3.05, 3.63) is 29.8 Å². The van der Waals surface area contributed by atoms with Gasteiger partial charge in [0, 0.05) is 19.2 Å². The van der Waals surface area contributed by atoms with Gasteiger partial charge in [-0.1, -0.05) is 6.07 Å². The van der Waals surface area contributed by atoms with Crippen LogP contribution in [0.15, 0.2) is 24.3 Å². The Bertz CT molecular complexity index is 447. The Hall–Kier alpha value is -1.31. The number of hydrogen-bond donors (Lipinski definition) is 2. The first-order chi connectivity index (χ1) is 9.95. The van der Waals surface area contributed by atoms with Crippen LogP contribution in [0.1, 0.15) is 12.0 Å². The number of rotatable bonds is 6. The van der Waals surface area contributed by atoms with Gasteiger partial charge in [-0.3, -0.25) is 0 Å². The summed E-state index contributed by atoms with van der Waals surface area (Å²) in [6.45, 7) is 1.56. The third kappa shape index (κ3) is 5.18. The first-order valence-electron chi connectivity index (χ1n) is 6.74. The molecule has 2 unspecified atom stereocenters. The van der Waals surface area contributed by atoms with Gasteiger partial charge in [-0.15, -0.1) is 0 Å². The fourth-order valence-electron chi connectivity index (χ4n) is 2.01. The minimum atomic E-state index is -4.40. The van der Waals surface area contributed by atoms with E-state index in [0.717, 1.165) is 18.6 Å². The number of alkyl halides is 3. The highest BCUT2D eigenvalue weighted by Gasteiger charge is 2.30. The molecule has 1 aliphatic heterocycles. The molecule has 2 rings (SSSR count). The summed E-state index contributed by atoms with van der Waals surface area (Å²) in [4.78, 5) is 0. The molecule has 0 spiro atoms. The molecule has 1 aromatic rings. The van der Waals surface area contributed by atoms with Crippen molar-refractivity contribution >= 4 is 0 Å². The van der Waals surface area contributed by atoms with E-state index in [2.05, 4.69) is 5.32 Å². The van der Waals surface area contributed by atoms with Gasteiger partial charge in [0.2, 0.25) is 0 Å². The number of aliphatic hydroxyl groups excluding tert-OH is 1. The zero-order valence-electron chi connectivity index (χ0n) is 11.4. The smallest absolute Gasteiger partial charge is 0.416 e. The maximum absolute atomic E-state index is 12.5. The van der Waals surface area contributed by atoms with Gasteiger partial charge in [-0.25, -0.2) is 0 Å². The number of nitrogens with one attached hydrogen (secondary N) is 1. The molecule has 1 fully saturated rings. The quantitative estimate of drug-likeness (QED) is 0.842. The lowest BCUT2D eigenvalue weighted by molar-refractivity contribution is -0.137. The summed E-state index contributed by atoms with van der Waals surface area (Å²) in [5.74, 6) is 0.0908. The lowest BCUT2D eigenvalue weighted by Gasteiger charge is -2.16. The second-order valence-corrected chi connectivity index (χ2v) is 4.96. The summed E-state index contributed by atoms with van der Waals surface area (Å²) < 4.78 is 48.0. The molecule has 21 heavy (non-hydrogen) atoms. The van der Waals surface area contributed by atoms with Crippen LogP contribution in [0.3, 0.4) is 0 Å². The van der Waals surface area contributed by atoms with E-state index in [0.29, 0.717) is 19.8 Å². The molecule has 118 valence electrons. The molecular weight excluding hydrogens is 287 g/mol. The SMILES string of the molecule is OC(CNC1CCOC1)COc1cccc(C(F)(F)F)c1. The second-order valence-electron chi connectivity index (χ2n) is 4.96. The summed E-state index contributed by atoms with van der Waals surface area (Å²) in [5, 5.41) is 12.9. The molecule has 1 aliphatic rings. The predicted molar refractivity (Wildman–Crippen MR) is 70.2 cm³/mol. The zero-order valence-corrected chi connectivity index (χ0v) is 11.4. The molecule has 0 radical (unpaired) electrons. The molecule has 0 aliphatic carbocycles. The average Bonchev–Trinajstić information content (AvgIpc) is 2.95. The zero-order chi connectivity index (χ0) is 15.3. The van der Waals surface area contributed by atoms with Gasteiger partial charge < -0.3 is 19.9 Å². The van der Waals surface area contributed by atoms with E-state index < -0.39 is 17.8 Å². The summed E-state index contributed by atoms with van der Waals surface area (Å²) >= 11 is 0. The Morgan fingerprint density at radius 2 is 2.24 bits per heavy atom. The van der Waals surface area contributed by atoms with Crippen molar-refractivity contribution in [2.24, 2.45) is 0 Å². The summed E-state index contributed by atoms with van der Waals surface area (Å²) in [7, 11) is 0. The molecule has 0 aromatic heterocycles. The van der Waals surface area contributed by atoms with Gasteiger partial charge in [0.05, 0.1) is 12.2 Å². The first-order valence-corrected chi connectivity index (χ1v) is 6.74. The Morgan fingerprint density at radius 3 is 2.90 bits per heavy atom. The second kappa shape index (κ2) is 7.11. The number of hydrogen-bond acceptors (Lipinski definition) is 4. The Morgan fingerprint density at radius 1 is 1.43 bits per heavy atom. The van der Waals surface area contributed by atoms with Crippen LogP contribution >= 0.6 is 0 Å². The van der Waals surface area contributed by atoms with Crippen LogP contribution in [0.25, 0.3) is 0 Å². The van der Waals surface area contributed by atoms with Crippen molar-refractivity contribution in [2.45, 2.75) is 24.7 Å². The van der Waals surface area contributed by atoms with Gasteiger partial charge in [0.25, 0.3) is 0 Å². The fourth-order valence-corrected chi connectivity index (χ4v) is 2.01. The summed E-state index contributed by atoms with van der Waals surface area (Å²) in [6.07, 6.45) is -4.30. The topological polar surface area (TPSA) is 50.7 Å². The van der Waals surface area contributed by atoms with Crippen molar-refractivity contribution in [3.63, 3.8) is 0 Å². The van der Waals surface area contributed by atoms with Gasteiger partial charge in [-0.05, 0) is 24.6 Å². The van der Waals surface area contributed by atoms with Crippen LogP contribution in [-0.2, 0) is 10.9 Å². The van der Waals surface area contributed by atoms with Crippen molar-refractivity contribution in [2.75, 3.05) is 26.4 Å². The van der Waals surface area contributed by atoms with Gasteiger partial charge in [0.15, 0.2) is 0 Å². The van der Waals surface area contributed by atoms with Gasteiger partial charge in [0.1, 0.15) is 18.5 Å². The van der Waals surface area contributed by atoms with Crippen LogP contribution in [0.5, 0.6) is 5.75 Å². The first kappa shape index (κ1) is 16.1. The minimum absolute atomic E-state index is 0.0676. The molecule has 0 saturated carbocycles. The van der Waals surface area contributed by atoms with Crippen LogP contribution < -0.4 is 10.1 Å². The van der Waals surface area contributed by atoms with E-state index in [1.54, 1.807) is 0 Å². The number of ether oxygens (including phenoxy) is 2. The molecule has 4 nitrogen and oxygen atoms in total. The molecule has 0 amide bonds. The fraction of sp³-hybridized carbons (Fsp3) is 0.571. The number of aliphatic hydroxyl groups is 1. The number of benzene rings is 1. The Labute approximate surface area is 120 Å². The third-order valence-corrected chi connectivity index (χ3v) is 3.18. The van der Waals surface area contributed by atoms with Gasteiger partial charge >= 0.3 is 6.18 Å². The van der Waals surface area contributed by atoms with Crippen molar-refractivity contribution in [1.82, 2.24) is 5.32 Å². The molecule has 2 N–H and O–H groups in total. The molecular formula is C14H18F3NO3. The summed E-state index contributed by atoms with van der Waals surface area (Å²) in [6, 6.07) is 4.82. The molecule has 1 aromatic carbocycles. The lowest BCUT2D eigenvalue weighted by atomic mass is 10.2.